The van der Waals surface area contributed by atoms with Crippen LogP contribution in [0.1, 0.15) is 37.8 Å². The van der Waals surface area contributed by atoms with Gasteiger partial charge in [0.2, 0.25) is 23.6 Å². The molecule has 0 spiro atoms. The Morgan fingerprint density at radius 1 is 0.651 bits per heavy atom. The first-order valence-electron chi connectivity index (χ1n) is 13.8. The summed E-state index contributed by atoms with van der Waals surface area (Å²) in [5, 5.41) is 28.5. The Hall–Kier alpha value is -4.78. The summed E-state index contributed by atoms with van der Waals surface area (Å²) in [6.45, 7) is 3.40. The normalized spacial score (nSPS) is 13.6. The number of benzene rings is 2. The molecule has 2 aromatic rings. The molecule has 0 saturated heterocycles. The van der Waals surface area contributed by atoms with Crippen LogP contribution in [-0.2, 0) is 41.6 Å². The van der Waals surface area contributed by atoms with Gasteiger partial charge in [-0.15, -0.1) is 0 Å². The molecule has 2 aromatic carbocycles. The van der Waals surface area contributed by atoms with Gasteiger partial charge in [0.1, 0.15) is 24.2 Å². The first-order valence-corrected chi connectivity index (χ1v) is 13.8. The van der Waals surface area contributed by atoms with Crippen LogP contribution >= 0.6 is 0 Å². The molecule has 0 aromatic heterocycles. The summed E-state index contributed by atoms with van der Waals surface area (Å²) < 4.78 is 0. The second kappa shape index (κ2) is 17.2. The van der Waals surface area contributed by atoms with Crippen molar-refractivity contribution < 1.29 is 39.0 Å². The molecule has 8 N–H and O–H groups in total. The van der Waals surface area contributed by atoms with Gasteiger partial charge < -0.3 is 37.2 Å². The number of nitrogens with two attached hydrogens (primary N) is 1. The molecular weight excluding hydrogens is 558 g/mol. The van der Waals surface area contributed by atoms with Crippen LogP contribution in [-0.4, -0.2) is 76.5 Å². The van der Waals surface area contributed by atoms with Crippen molar-refractivity contribution in [1.82, 2.24) is 21.3 Å². The highest BCUT2D eigenvalue weighted by atomic mass is 16.4. The lowest BCUT2D eigenvalue weighted by molar-refractivity contribution is -0.147. The van der Waals surface area contributed by atoms with Crippen LogP contribution in [0.5, 0.6) is 0 Å². The number of aliphatic carboxylic acids is 2. The van der Waals surface area contributed by atoms with E-state index in [0.29, 0.717) is 11.1 Å². The molecule has 4 atom stereocenters. The van der Waals surface area contributed by atoms with Gasteiger partial charge >= 0.3 is 11.9 Å². The lowest BCUT2D eigenvalue weighted by atomic mass is 10.00. The Morgan fingerprint density at radius 3 is 1.44 bits per heavy atom. The fourth-order valence-electron chi connectivity index (χ4n) is 4.27. The number of carbonyl (C=O) groups excluding carboxylic acids is 4. The molecule has 0 aliphatic carbocycles. The summed E-state index contributed by atoms with van der Waals surface area (Å²) in [6, 6.07) is 12.2. The summed E-state index contributed by atoms with van der Waals surface area (Å²) in [6.07, 6.45) is -0.609. The Balaban J connectivity index is 2.37. The van der Waals surface area contributed by atoms with Gasteiger partial charge in [0, 0.05) is 12.8 Å². The number of nitrogens with one attached hydrogen (secondary N) is 4. The van der Waals surface area contributed by atoms with Gasteiger partial charge in [-0.25, -0.2) is 4.79 Å². The van der Waals surface area contributed by atoms with Crippen molar-refractivity contribution in [3.05, 3.63) is 71.8 Å². The van der Waals surface area contributed by atoms with E-state index < -0.39 is 66.2 Å². The monoisotopic (exact) mass is 597 g/mol. The quantitative estimate of drug-likeness (QED) is 0.130. The van der Waals surface area contributed by atoms with Crippen molar-refractivity contribution >= 4 is 35.6 Å². The molecule has 0 heterocycles. The topological polar surface area (TPSA) is 217 Å². The zero-order valence-corrected chi connectivity index (χ0v) is 24.1. The highest BCUT2D eigenvalue weighted by Gasteiger charge is 2.32. The van der Waals surface area contributed by atoms with Crippen LogP contribution in [0.4, 0.5) is 0 Å². The lowest BCUT2D eigenvalue weighted by Gasteiger charge is -2.26. The molecule has 13 heteroatoms. The molecule has 0 saturated carbocycles. The van der Waals surface area contributed by atoms with E-state index in [1.54, 1.807) is 60.7 Å². The van der Waals surface area contributed by atoms with Gasteiger partial charge in [-0.1, -0.05) is 74.5 Å². The van der Waals surface area contributed by atoms with Crippen LogP contribution in [0.25, 0.3) is 0 Å². The highest BCUT2D eigenvalue weighted by molar-refractivity contribution is 5.95. The van der Waals surface area contributed by atoms with Crippen molar-refractivity contribution in [3.63, 3.8) is 0 Å². The van der Waals surface area contributed by atoms with E-state index in [-0.39, 0.29) is 31.7 Å². The van der Waals surface area contributed by atoms with E-state index in [1.807, 2.05) is 13.8 Å². The summed E-state index contributed by atoms with van der Waals surface area (Å²) in [7, 11) is 0. The first kappa shape index (κ1) is 34.4. The summed E-state index contributed by atoms with van der Waals surface area (Å²) >= 11 is 0. The Bertz CT molecular complexity index is 1260. The average molecular weight is 598 g/mol. The van der Waals surface area contributed by atoms with Crippen LogP contribution in [0.15, 0.2) is 60.7 Å². The van der Waals surface area contributed by atoms with Crippen LogP contribution in [0, 0.1) is 5.92 Å². The largest absolute Gasteiger partial charge is 0.481 e. The number of amides is 4. The lowest BCUT2D eigenvalue weighted by Crippen LogP contribution is -2.59. The number of carbonyl (C=O) groups is 6. The van der Waals surface area contributed by atoms with Gasteiger partial charge in [-0.3, -0.25) is 24.0 Å². The minimum Gasteiger partial charge on any atom is -0.481 e. The van der Waals surface area contributed by atoms with Gasteiger partial charge in [0.05, 0.1) is 13.0 Å². The molecule has 4 amide bonds. The summed E-state index contributed by atoms with van der Waals surface area (Å²) in [5.74, 6) is -5.79. The number of hydrogen-bond acceptors (Lipinski definition) is 7. The molecular formula is C30H39N5O8. The van der Waals surface area contributed by atoms with Crippen molar-refractivity contribution in [2.24, 2.45) is 11.7 Å². The van der Waals surface area contributed by atoms with Crippen LogP contribution < -0.4 is 27.0 Å². The van der Waals surface area contributed by atoms with Crippen molar-refractivity contribution in [3.8, 4) is 0 Å². The molecule has 13 nitrogen and oxygen atoms in total. The third-order valence-corrected chi connectivity index (χ3v) is 6.37. The molecule has 0 unspecified atom stereocenters. The molecule has 0 aliphatic rings. The number of carboxylic acids is 2. The van der Waals surface area contributed by atoms with Gasteiger partial charge in [0.25, 0.3) is 0 Å². The maximum Gasteiger partial charge on any atom is 0.326 e. The molecule has 0 bridgehead atoms. The van der Waals surface area contributed by atoms with E-state index in [1.165, 1.54) is 0 Å². The van der Waals surface area contributed by atoms with E-state index in [0.717, 1.165) is 0 Å². The maximum atomic E-state index is 13.7. The molecule has 43 heavy (non-hydrogen) atoms. The predicted molar refractivity (Wildman–Crippen MR) is 156 cm³/mol. The van der Waals surface area contributed by atoms with Gasteiger partial charge in [-0.05, 0) is 23.5 Å². The van der Waals surface area contributed by atoms with E-state index >= 15 is 0 Å². The summed E-state index contributed by atoms with van der Waals surface area (Å²) in [4.78, 5) is 75.0. The second-order valence-corrected chi connectivity index (χ2v) is 10.5. The minimum absolute atomic E-state index is 0.0159. The zero-order valence-electron chi connectivity index (χ0n) is 24.1. The SMILES string of the molecule is CC(C)C[C@H](NC(=O)CN)C(=O)N[C@@H](Cc1ccccc1)C(=O)N[C@@H](Cc1ccccc1)C(=O)N[C@@H](CC(=O)O)C(=O)O. The molecule has 0 radical (unpaired) electrons. The Labute approximate surface area is 249 Å². The van der Waals surface area contributed by atoms with E-state index in [9.17, 15) is 33.9 Å². The average Bonchev–Trinajstić information content (AvgIpc) is 2.96. The molecule has 232 valence electrons. The standard InChI is InChI=1S/C30H39N5O8/c1-18(2)13-21(32-25(36)17-31)27(39)33-22(14-19-9-5-3-6-10-19)28(40)34-23(15-20-11-7-4-8-12-20)29(41)35-24(30(42)43)16-26(37)38/h3-12,18,21-24H,13-17,31H2,1-2H3,(H,32,36)(H,33,39)(H,34,40)(H,35,41)(H,37,38)(H,42,43)/t21-,22-,23-,24-/m0/s1. The maximum absolute atomic E-state index is 13.7. The van der Waals surface area contributed by atoms with Crippen LogP contribution in [0.2, 0.25) is 0 Å². The van der Waals surface area contributed by atoms with Gasteiger partial charge in [-0.2, -0.15) is 0 Å². The summed E-state index contributed by atoms with van der Waals surface area (Å²) in [5.41, 5.74) is 6.75. The van der Waals surface area contributed by atoms with Crippen molar-refractivity contribution in [1.29, 1.82) is 0 Å². The Kier molecular flexibility index (Phi) is 13.8. The third-order valence-electron chi connectivity index (χ3n) is 6.37. The second-order valence-electron chi connectivity index (χ2n) is 10.5. The Morgan fingerprint density at radius 2 is 1.07 bits per heavy atom. The predicted octanol–water partition coefficient (Wildman–Crippen LogP) is -0.0249. The number of hydrogen-bond donors (Lipinski definition) is 7. The smallest absolute Gasteiger partial charge is 0.326 e. The molecule has 0 aliphatic heterocycles. The van der Waals surface area contributed by atoms with Crippen molar-refractivity contribution in [2.75, 3.05) is 6.54 Å². The first-order chi connectivity index (χ1) is 20.4. The molecule has 0 fully saturated rings. The fourth-order valence-corrected chi connectivity index (χ4v) is 4.27. The van der Waals surface area contributed by atoms with E-state index in [2.05, 4.69) is 21.3 Å². The zero-order chi connectivity index (χ0) is 31.9. The number of rotatable bonds is 17. The third kappa shape index (κ3) is 12.3. The van der Waals surface area contributed by atoms with Crippen LogP contribution in [0.3, 0.4) is 0 Å². The van der Waals surface area contributed by atoms with E-state index in [4.69, 9.17) is 10.8 Å². The fraction of sp³-hybridized carbons (Fsp3) is 0.400. The van der Waals surface area contributed by atoms with Crippen molar-refractivity contribution in [2.45, 2.75) is 63.7 Å². The number of carboxylic acid groups (broad SMARTS) is 2. The minimum atomic E-state index is -1.73. The van der Waals surface area contributed by atoms with Gasteiger partial charge in [0.15, 0.2) is 0 Å². The highest BCUT2D eigenvalue weighted by Crippen LogP contribution is 2.10. The molecule has 2 rings (SSSR count).